The first-order valence-corrected chi connectivity index (χ1v) is 11.3. The molecule has 1 atom stereocenters. The lowest BCUT2D eigenvalue weighted by atomic mass is 10.1. The van der Waals surface area contributed by atoms with Crippen LogP contribution in [0, 0.1) is 0 Å². The maximum absolute atomic E-state index is 13.5. The summed E-state index contributed by atoms with van der Waals surface area (Å²) in [5.74, 6) is 1.02. The smallest absolute Gasteiger partial charge is 0.332 e. The van der Waals surface area contributed by atoms with Crippen molar-refractivity contribution in [1.82, 2.24) is 4.90 Å². The minimum Gasteiger partial charge on any atom is -0.497 e. The summed E-state index contributed by atoms with van der Waals surface area (Å²) in [5.41, 5.74) is 1.73. The van der Waals surface area contributed by atoms with Crippen LogP contribution >= 0.6 is 0 Å². The molecule has 9 heteroatoms. The van der Waals surface area contributed by atoms with Gasteiger partial charge in [0.25, 0.3) is 5.91 Å². The predicted octanol–water partition coefficient (Wildman–Crippen LogP) is 4.08. The lowest BCUT2D eigenvalue weighted by Gasteiger charge is -2.22. The molecule has 1 aliphatic rings. The molecule has 186 valence electrons. The van der Waals surface area contributed by atoms with E-state index in [4.69, 9.17) is 14.2 Å². The van der Waals surface area contributed by atoms with Crippen LogP contribution in [-0.2, 0) is 16.1 Å². The quantitative estimate of drug-likeness (QED) is 0.455. The van der Waals surface area contributed by atoms with Crippen LogP contribution in [-0.4, -0.2) is 50.1 Å². The number of hydrogen-bond donors (Lipinski definition) is 1. The van der Waals surface area contributed by atoms with Gasteiger partial charge in [0, 0.05) is 12.2 Å². The number of amides is 4. The maximum atomic E-state index is 13.5. The number of anilines is 2. The van der Waals surface area contributed by atoms with Crippen molar-refractivity contribution >= 4 is 29.2 Å². The van der Waals surface area contributed by atoms with Gasteiger partial charge in [-0.05, 0) is 66.2 Å². The van der Waals surface area contributed by atoms with Gasteiger partial charge in [0.05, 0.1) is 33.4 Å². The van der Waals surface area contributed by atoms with Crippen molar-refractivity contribution in [2.24, 2.45) is 0 Å². The zero-order valence-electron chi connectivity index (χ0n) is 20.3. The summed E-state index contributed by atoms with van der Waals surface area (Å²) in [6.07, 6.45) is -0.201. The van der Waals surface area contributed by atoms with E-state index in [0.717, 1.165) is 10.5 Å². The fourth-order valence-corrected chi connectivity index (χ4v) is 4.01. The van der Waals surface area contributed by atoms with Crippen molar-refractivity contribution in [1.29, 1.82) is 0 Å². The van der Waals surface area contributed by atoms with Gasteiger partial charge >= 0.3 is 6.03 Å². The second-order valence-corrected chi connectivity index (χ2v) is 8.13. The molecular formula is C27H27N3O6. The van der Waals surface area contributed by atoms with Gasteiger partial charge in [0.1, 0.15) is 23.3 Å². The molecule has 1 saturated heterocycles. The van der Waals surface area contributed by atoms with E-state index in [2.05, 4.69) is 5.32 Å². The van der Waals surface area contributed by atoms with Crippen molar-refractivity contribution in [2.75, 3.05) is 31.5 Å². The van der Waals surface area contributed by atoms with E-state index in [0.29, 0.717) is 28.6 Å². The molecule has 4 amide bonds. The van der Waals surface area contributed by atoms with Crippen LogP contribution in [0.3, 0.4) is 0 Å². The molecule has 0 bridgehead atoms. The Morgan fingerprint density at radius 1 is 0.833 bits per heavy atom. The van der Waals surface area contributed by atoms with E-state index in [-0.39, 0.29) is 13.0 Å². The number of ether oxygens (including phenoxy) is 3. The topological polar surface area (TPSA) is 97.4 Å². The van der Waals surface area contributed by atoms with Crippen LogP contribution in [0.1, 0.15) is 12.0 Å². The molecule has 0 aliphatic carbocycles. The zero-order chi connectivity index (χ0) is 25.7. The minimum atomic E-state index is -0.982. The third kappa shape index (κ3) is 5.25. The normalized spacial score (nSPS) is 15.1. The summed E-state index contributed by atoms with van der Waals surface area (Å²) < 4.78 is 15.6. The van der Waals surface area contributed by atoms with Crippen molar-refractivity contribution in [3.8, 4) is 17.2 Å². The van der Waals surface area contributed by atoms with Crippen LogP contribution in [0.2, 0.25) is 0 Å². The number of imide groups is 1. The van der Waals surface area contributed by atoms with Crippen LogP contribution < -0.4 is 24.4 Å². The van der Waals surface area contributed by atoms with Crippen LogP contribution in [0.5, 0.6) is 17.2 Å². The molecule has 9 nitrogen and oxygen atoms in total. The van der Waals surface area contributed by atoms with E-state index >= 15 is 0 Å². The van der Waals surface area contributed by atoms with E-state index in [1.54, 1.807) is 74.9 Å². The van der Waals surface area contributed by atoms with E-state index in [9.17, 15) is 14.4 Å². The summed E-state index contributed by atoms with van der Waals surface area (Å²) in [6.45, 7) is 0.134. The number of rotatable bonds is 9. The van der Waals surface area contributed by atoms with Crippen LogP contribution in [0.15, 0.2) is 72.8 Å². The summed E-state index contributed by atoms with van der Waals surface area (Å²) in [4.78, 5) is 42.4. The lowest BCUT2D eigenvalue weighted by molar-refractivity contribution is -0.124. The van der Waals surface area contributed by atoms with Gasteiger partial charge in [-0.15, -0.1) is 0 Å². The van der Waals surface area contributed by atoms with Gasteiger partial charge in [-0.3, -0.25) is 9.59 Å². The molecule has 3 aromatic rings. The highest BCUT2D eigenvalue weighted by Gasteiger charge is 2.46. The molecule has 0 saturated carbocycles. The molecule has 1 N–H and O–H groups in total. The number of nitrogens with one attached hydrogen (secondary N) is 1. The summed E-state index contributed by atoms with van der Waals surface area (Å²) >= 11 is 0. The molecule has 0 unspecified atom stereocenters. The van der Waals surface area contributed by atoms with Crippen LogP contribution in [0.4, 0.5) is 16.2 Å². The van der Waals surface area contributed by atoms with Gasteiger partial charge in [-0.25, -0.2) is 9.69 Å². The number of urea groups is 1. The Balaban J connectivity index is 1.59. The monoisotopic (exact) mass is 489 g/mol. The Bertz CT molecular complexity index is 1240. The van der Waals surface area contributed by atoms with Gasteiger partial charge in [-0.1, -0.05) is 12.1 Å². The van der Waals surface area contributed by atoms with Gasteiger partial charge in [-0.2, -0.15) is 0 Å². The lowest BCUT2D eigenvalue weighted by Crippen LogP contribution is -2.37. The average Bonchev–Trinajstić information content (AvgIpc) is 3.13. The highest BCUT2D eigenvalue weighted by Crippen LogP contribution is 2.30. The average molecular weight is 490 g/mol. The molecule has 3 aromatic carbocycles. The van der Waals surface area contributed by atoms with Crippen molar-refractivity contribution in [2.45, 2.75) is 19.0 Å². The number of methoxy groups -OCH3 is 3. The first kappa shape index (κ1) is 24.6. The van der Waals surface area contributed by atoms with Crippen molar-refractivity contribution in [3.05, 3.63) is 78.4 Å². The third-order valence-electron chi connectivity index (χ3n) is 5.89. The van der Waals surface area contributed by atoms with Crippen molar-refractivity contribution < 1.29 is 28.6 Å². The molecule has 0 radical (unpaired) electrons. The Hall–Kier alpha value is -4.53. The van der Waals surface area contributed by atoms with Gasteiger partial charge in [0.15, 0.2) is 0 Å². The molecule has 1 heterocycles. The molecule has 0 aromatic heterocycles. The molecule has 1 fully saturated rings. The van der Waals surface area contributed by atoms with Crippen LogP contribution in [0.25, 0.3) is 0 Å². The second kappa shape index (κ2) is 10.8. The molecular weight excluding hydrogens is 462 g/mol. The fourth-order valence-electron chi connectivity index (χ4n) is 4.01. The SMILES string of the molecule is COc1ccc(NC(=O)C[C@@H]2C(=O)N(c3ccc(OC)cc3)C(=O)N2Cc2cccc(OC)c2)cc1. The first-order valence-electron chi connectivity index (χ1n) is 11.3. The zero-order valence-corrected chi connectivity index (χ0v) is 20.3. The Morgan fingerprint density at radius 3 is 2.06 bits per heavy atom. The molecule has 36 heavy (non-hydrogen) atoms. The fraction of sp³-hybridized carbons (Fsp3) is 0.222. The largest absolute Gasteiger partial charge is 0.497 e. The van der Waals surface area contributed by atoms with Crippen molar-refractivity contribution in [3.63, 3.8) is 0 Å². The van der Waals surface area contributed by atoms with Gasteiger partial charge in [0.2, 0.25) is 5.91 Å². The highest BCUT2D eigenvalue weighted by molar-refractivity contribution is 6.22. The molecule has 1 aliphatic heterocycles. The number of carbonyl (C=O) groups excluding carboxylic acids is 3. The summed E-state index contributed by atoms with van der Waals surface area (Å²) in [7, 11) is 4.65. The van der Waals surface area contributed by atoms with E-state index < -0.39 is 23.9 Å². The van der Waals surface area contributed by atoms with E-state index in [1.807, 2.05) is 12.1 Å². The second-order valence-electron chi connectivity index (χ2n) is 8.13. The number of benzene rings is 3. The summed E-state index contributed by atoms with van der Waals surface area (Å²) in [6, 6.07) is 19.2. The maximum Gasteiger partial charge on any atom is 0.332 e. The highest BCUT2D eigenvalue weighted by atomic mass is 16.5. The van der Waals surface area contributed by atoms with E-state index in [1.165, 1.54) is 12.0 Å². The number of nitrogens with zero attached hydrogens (tertiary/aromatic N) is 2. The Kier molecular flexibility index (Phi) is 7.39. The standard InChI is InChI=1S/C27H27N3O6/c1-34-21-11-7-19(8-12-21)28-25(31)16-24-26(32)30(20-9-13-22(35-2)14-10-20)27(33)29(24)17-18-5-4-6-23(15-18)36-3/h4-15,24H,16-17H2,1-3H3,(H,28,31)/t24-/m1/s1. The number of carbonyl (C=O) groups is 3. The summed E-state index contributed by atoms with van der Waals surface area (Å²) in [5, 5.41) is 2.79. The molecule has 0 spiro atoms. The Morgan fingerprint density at radius 2 is 1.44 bits per heavy atom. The first-order chi connectivity index (χ1) is 17.4. The Labute approximate surface area is 209 Å². The third-order valence-corrected chi connectivity index (χ3v) is 5.89. The molecule has 4 rings (SSSR count). The minimum absolute atomic E-state index is 0.134. The van der Waals surface area contributed by atoms with Gasteiger partial charge < -0.3 is 24.4 Å². The predicted molar refractivity (Wildman–Crippen MR) is 134 cm³/mol. The number of hydrogen-bond acceptors (Lipinski definition) is 6.